The van der Waals surface area contributed by atoms with Crippen molar-refractivity contribution in [1.29, 1.82) is 0 Å². The third-order valence-electron chi connectivity index (χ3n) is 2.37. The molecule has 0 aliphatic carbocycles. The van der Waals surface area contributed by atoms with Gasteiger partial charge in [-0.1, -0.05) is 29.3 Å². The van der Waals surface area contributed by atoms with Crippen LogP contribution in [0.3, 0.4) is 0 Å². The molecule has 0 aliphatic heterocycles. The normalized spacial score (nSPS) is 10.3. The number of carbonyl (C=O) groups is 1. The topological polar surface area (TPSA) is 26.3 Å². The Morgan fingerprint density at radius 2 is 1.84 bits per heavy atom. The van der Waals surface area contributed by atoms with Crippen LogP contribution in [-0.4, -0.2) is 5.97 Å². The van der Waals surface area contributed by atoms with E-state index in [0.717, 1.165) is 9.13 Å². The summed E-state index contributed by atoms with van der Waals surface area (Å²) in [5.41, 5.74) is 0.847. The molecule has 0 saturated heterocycles. The summed E-state index contributed by atoms with van der Waals surface area (Å²) in [7, 11) is 0. The molecule has 0 saturated carbocycles. The lowest BCUT2D eigenvalue weighted by atomic mass is 10.1. The van der Waals surface area contributed by atoms with Crippen LogP contribution >= 0.6 is 45.8 Å². The van der Waals surface area contributed by atoms with Gasteiger partial charge >= 0.3 is 5.97 Å². The Labute approximate surface area is 134 Å². The van der Waals surface area contributed by atoms with Crippen LogP contribution in [0.4, 0.5) is 0 Å². The van der Waals surface area contributed by atoms with Gasteiger partial charge in [0.2, 0.25) is 0 Å². The van der Waals surface area contributed by atoms with E-state index in [0.29, 0.717) is 15.8 Å². The molecule has 0 radical (unpaired) electrons. The van der Waals surface area contributed by atoms with Crippen LogP contribution in [0.1, 0.15) is 5.56 Å². The van der Waals surface area contributed by atoms with Gasteiger partial charge in [0, 0.05) is 13.6 Å². The molecule has 0 unspecified atom stereocenters. The molecular formula is C14H9Cl2IO2. The Hall–Kier alpha value is -0.780. The molecule has 19 heavy (non-hydrogen) atoms. The lowest BCUT2D eigenvalue weighted by molar-refractivity contribution is -0.133. The van der Waals surface area contributed by atoms with E-state index in [1.165, 1.54) is 0 Å². The van der Waals surface area contributed by atoms with Crippen molar-refractivity contribution in [2.45, 2.75) is 6.42 Å². The van der Waals surface area contributed by atoms with E-state index in [-0.39, 0.29) is 12.4 Å². The van der Waals surface area contributed by atoms with Gasteiger partial charge in [-0.05, 0) is 64.6 Å². The Morgan fingerprint density at radius 1 is 1.11 bits per heavy atom. The van der Waals surface area contributed by atoms with Crippen LogP contribution in [0, 0.1) is 3.57 Å². The van der Waals surface area contributed by atoms with Crippen molar-refractivity contribution >= 4 is 51.8 Å². The highest BCUT2D eigenvalue weighted by molar-refractivity contribution is 14.1. The fourth-order valence-electron chi connectivity index (χ4n) is 1.53. The number of esters is 1. The summed E-state index contributed by atoms with van der Waals surface area (Å²) < 4.78 is 6.20. The van der Waals surface area contributed by atoms with Crippen LogP contribution < -0.4 is 4.74 Å². The smallest absolute Gasteiger partial charge is 0.315 e. The number of ether oxygens (including phenoxy) is 1. The summed E-state index contributed by atoms with van der Waals surface area (Å²) in [6.07, 6.45) is 0.172. The van der Waals surface area contributed by atoms with Crippen LogP contribution in [0.15, 0.2) is 42.5 Å². The van der Waals surface area contributed by atoms with E-state index in [9.17, 15) is 4.79 Å². The molecule has 0 atom stereocenters. The molecule has 0 heterocycles. The van der Waals surface area contributed by atoms with Gasteiger partial charge in [0.1, 0.15) is 5.75 Å². The minimum Gasteiger partial charge on any atom is -0.426 e. The summed E-state index contributed by atoms with van der Waals surface area (Å²) in [5.74, 6) is 0.0944. The van der Waals surface area contributed by atoms with Crippen molar-refractivity contribution in [2.75, 3.05) is 0 Å². The molecular weight excluding hydrogens is 398 g/mol. The van der Waals surface area contributed by atoms with Gasteiger partial charge in [0.15, 0.2) is 0 Å². The molecule has 2 aromatic carbocycles. The van der Waals surface area contributed by atoms with Crippen LogP contribution in [0.5, 0.6) is 5.75 Å². The van der Waals surface area contributed by atoms with Gasteiger partial charge in [-0.2, -0.15) is 0 Å². The lowest BCUT2D eigenvalue weighted by Gasteiger charge is -2.06. The van der Waals surface area contributed by atoms with Crippen molar-refractivity contribution < 1.29 is 9.53 Å². The quantitative estimate of drug-likeness (QED) is 0.417. The minimum absolute atomic E-state index is 0.172. The van der Waals surface area contributed by atoms with E-state index in [4.69, 9.17) is 27.9 Å². The first kappa shape index (κ1) is 14.6. The molecule has 2 nitrogen and oxygen atoms in total. The first-order valence-electron chi connectivity index (χ1n) is 5.45. The van der Waals surface area contributed by atoms with Gasteiger partial charge in [-0.3, -0.25) is 4.79 Å². The Balaban J connectivity index is 2.07. The molecule has 5 heteroatoms. The van der Waals surface area contributed by atoms with E-state index >= 15 is 0 Å². The van der Waals surface area contributed by atoms with Crippen molar-refractivity contribution in [2.24, 2.45) is 0 Å². The Bertz CT molecular complexity index is 614. The predicted molar refractivity (Wildman–Crippen MR) is 85.0 cm³/mol. The third kappa shape index (κ3) is 4.37. The number of rotatable bonds is 3. The van der Waals surface area contributed by atoms with Crippen molar-refractivity contribution in [3.63, 3.8) is 0 Å². The van der Waals surface area contributed by atoms with Crippen LogP contribution in [0.25, 0.3) is 0 Å². The average Bonchev–Trinajstić information content (AvgIpc) is 2.34. The van der Waals surface area contributed by atoms with Gasteiger partial charge in [-0.15, -0.1) is 0 Å². The van der Waals surface area contributed by atoms with Crippen LogP contribution in [0.2, 0.25) is 10.0 Å². The zero-order chi connectivity index (χ0) is 13.8. The molecule has 2 aromatic rings. The van der Waals surface area contributed by atoms with Gasteiger partial charge in [-0.25, -0.2) is 0 Å². The lowest BCUT2D eigenvalue weighted by Crippen LogP contribution is -2.12. The second-order valence-corrected chi connectivity index (χ2v) is 5.88. The number of benzene rings is 2. The Kier molecular flexibility index (Phi) is 5.07. The summed E-state index contributed by atoms with van der Waals surface area (Å²) in [4.78, 5) is 11.8. The second kappa shape index (κ2) is 6.59. The van der Waals surface area contributed by atoms with Crippen molar-refractivity contribution in [3.05, 3.63) is 61.6 Å². The second-order valence-electron chi connectivity index (χ2n) is 3.84. The summed E-state index contributed by atoms with van der Waals surface area (Å²) in [5, 5.41) is 1.13. The maximum Gasteiger partial charge on any atom is 0.315 e. The SMILES string of the molecule is O=C(Cc1cc(Cl)ccc1I)Oc1cccc(Cl)c1. The number of hydrogen-bond donors (Lipinski definition) is 0. The van der Waals surface area contributed by atoms with Crippen molar-refractivity contribution in [3.8, 4) is 5.75 Å². The summed E-state index contributed by atoms with van der Waals surface area (Å²) in [6.45, 7) is 0. The van der Waals surface area contributed by atoms with Gasteiger partial charge in [0.25, 0.3) is 0 Å². The molecule has 0 aliphatic rings. The van der Waals surface area contributed by atoms with Gasteiger partial charge < -0.3 is 4.74 Å². The standard InChI is InChI=1S/C14H9Cl2IO2/c15-10-2-1-3-12(8-10)19-14(18)7-9-6-11(16)4-5-13(9)17/h1-6,8H,7H2. The largest absolute Gasteiger partial charge is 0.426 e. The predicted octanol–water partition coefficient (Wildman–Crippen LogP) is 4.75. The zero-order valence-electron chi connectivity index (χ0n) is 9.70. The molecule has 0 amide bonds. The number of carbonyl (C=O) groups excluding carboxylic acids is 1. The van der Waals surface area contributed by atoms with E-state index in [1.807, 2.05) is 6.07 Å². The maximum atomic E-state index is 11.8. The molecule has 0 bridgehead atoms. The molecule has 0 aromatic heterocycles. The number of halogens is 3. The fourth-order valence-corrected chi connectivity index (χ4v) is 2.43. The van der Waals surface area contributed by atoms with E-state index in [1.54, 1.807) is 36.4 Å². The van der Waals surface area contributed by atoms with E-state index in [2.05, 4.69) is 22.6 Å². The highest BCUT2D eigenvalue weighted by Gasteiger charge is 2.10. The highest BCUT2D eigenvalue weighted by Crippen LogP contribution is 2.20. The monoisotopic (exact) mass is 406 g/mol. The highest BCUT2D eigenvalue weighted by atomic mass is 127. The Morgan fingerprint density at radius 3 is 2.58 bits per heavy atom. The number of hydrogen-bond acceptors (Lipinski definition) is 2. The zero-order valence-corrected chi connectivity index (χ0v) is 13.4. The molecule has 0 spiro atoms. The first-order valence-corrected chi connectivity index (χ1v) is 7.28. The van der Waals surface area contributed by atoms with Crippen LogP contribution in [-0.2, 0) is 11.2 Å². The first-order chi connectivity index (χ1) is 9.04. The molecule has 0 N–H and O–H groups in total. The molecule has 2 rings (SSSR count). The maximum absolute atomic E-state index is 11.8. The summed E-state index contributed by atoms with van der Waals surface area (Å²) >= 11 is 13.9. The van der Waals surface area contributed by atoms with Gasteiger partial charge in [0.05, 0.1) is 6.42 Å². The molecule has 0 fully saturated rings. The minimum atomic E-state index is -0.345. The molecule has 98 valence electrons. The third-order valence-corrected chi connectivity index (χ3v) is 3.89. The average molecular weight is 407 g/mol. The van der Waals surface area contributed by atoms with Crippen molar-refractivity contribution in [1.82, 2.24) is 0 Å². The summed E-state index contributed by atoms with van der Waals surface area (Å²) in [6, 6.07) is 12.2. The van der Waals surface area contributed by atoms with E-state index < -0.39 is 0 Å². The fraction of sp³-hybridized carbons (Fsp3) is 0.0714.